The summed E-state index contributed by atoms with van der Waals surface area (Å²) in [5.41, 5.74) is 1.41. The van der Waals surface area contributed by atoms with Gasteiger partial charge < -0.3 is 5.32 Å². The number of benzene rings is 1. The molecule has 0 spiro atoms. The number of rotatable bonds is 3. The number of nitrogens with zero attached hydrogens (tertiary/aromatic N) is 1. The van der Waals surface area contributed by atoms with Crippen LogP contribution in [-0.2, 0) is 6.54 Å². The van der Waals surface area contributed by atoms with Crippen molar-refractivity contribution in [1.29, 1.82) is 5.26 Å². The lowest BCUT2D eigenvalue weighted by Gasteiger charge is -2.06. The third-order valence-electron chi connectivity index (χ3n) is 2.17. The van der Waals surface area contributed by atoms with Crippen LogP contribution in [-0.4, -0.2) is 0 Å². The molecule has 0 aliphatic rings. The normalized spacial score (nSPS) is 9.94. The van der Waals surface area contributed by atoms with Crippen molar-refractivity contribution in [3.63, 3.8) is 0 Å². The van der Waals surface area contributed by atoms with Gasteiger partial charge in [0.15, 0.2) is 0 Å². The summed E-state index contributed by atoms with van der Waals surface area (Å²) in [6.07, 6.45) is 0. The van der Waals surface area contributed by atoms with Gasteiger partial charge in [0.25, 0.3) is 0 Å². The first-order valence-corrected chi connectivity index (χ1v) is 6.90. The Morgan fingerprint density at radius 2 is 2.24 bits per heavy atom. The Hall–Kier alpha value is -1.02. The number of hydrogen-bond donors (Lipinski definition) is 1. The molecule has 1 heterocycles. The predicted octanol–water partition coefficient (Wildman–Crippen LogP) is 4.65. The highest BCUT2D eigenvalue weighted by Crippen LogP contribution is 2.25. The van der Waals surface area contributed by atoms with Crippen LogP contribution in [0, 0.1) is 11.3 Å². The maximum absolute atomic E-state index is 8.73. The minimum Gasteiger partial charge on any atom is -0.379 e. The second-order valence-electron chi connectivity index (χ2n) is 3.39. The highest BCUT2D eigenvalue weighted by molar-refractivity contribution is 9.10. The van der Waals surface area contributed by atoms with E-state index < -0.39 is 0 Å². The van der Waals surface area contributed by atoms with Gasteiger partial charge in [-0.2, -0.15) is 5.26 Å². The first kappa shape index (κ1) is 12.4. The van der Waals surface area contributed by atoms with Crippen LogP contribution in [0.5, 0.6) is 0 Å². The molecule has 0 aliphatic carbocycles. The van der Waals surface area contributed by atoms with Crippen molar-refractivity contribution in [2.75, 3.05) is 5.32 Å². The smallest absolute Gasteiger partial charge is 0.0992 e. The van der Waals surface area contributed by atoms with E-state index in [2.05, 4.69) is 33.4 Å². The number of hydrogen-bond acceptors (Lipinski definition) is 3. The molecule has 2 rings (SSSR count). The lowest BCUT2D eigenvalue weighted by molar-refractivity contribution is 1.19. The third-order valence-corrected chi connectivity index (χ3v) is 4.18. The summed E-state index contributed by atoms with van der Waals surface area (Å²) in [5.74, 6) is 0. The first-order valence-electron chi connectivity index (χ1n) is 4.85. The monoisotopic (exact) mass is 326 g/mol. The van der Waals surface area contributed by atoms with Gasteiger partial charge in [-0.15, -0.1) is 11.3 Å². The highest BCUT2D eigenvalue weighted by Gasteiger charge is 2.02. The molecule has 17 heavy (non-hydrogen) atoms. The second kappa shape index (κ2) is 5.54. The number of thiophene rings is 1. The summed E-state index contributed by atoms with van der Waals surface area (Å²) in [7, 11) is 0. The molecule has 1 aromatic carbocycles. The molecule has 0 bridgehead atoms. The van der Waals surface area contributed by atoms with Gasteiger partial charge in [0.2, 0.25) is 0 Å². The quantitative estimate of drug-likeness (QED) is 0.891. The van der Waals surface area contributed by atoms with E-state index in [9.17, 15) is 0 Å². The molecule has 2 aromatic rings. The Kier molecular flexibility index (Phi) is 4.06. The standard InChI is InChI=1S/C12H8BrClN2S/c13-9-4-10(17-7-9)6-16-12-2-1-8(5-15)3-11(12)14/h1-4,7,16H,6H2. The molecule has 5 heteroatoms. The molecule has 0 radical (unpaired) electrons. The summed E-state index contributed by atoms with van der Waals surface area (Å²) in [4.78, 5) is 1.22. The number of halogens is 2. The van der Waals surface area contributed by atoms with Gasteiger partial charge >= 0.3 is 0 Å². The number of anilines is 1. The number of nitriles is 1. The molecule has 0 amide bonds. The number of nitrogens with one attached hydrogen (secondary N) is 1. The van der Waals surface area contributed by atoms with E-state index in [1.54, 1.807) is 23.5 Å². The zero-order valence-electron chi connectivity index (χ0n) is 8.71. The second-order valence-corrected chi connectivity index (χ2v) is 5.71. The summed E-state index contributed by atoms with van der Waals surface area (Å²) in [6, 6.07) is 9.35. The van der Waals surface area contributed by atoms with Crippen LogP contribution in [0.1, 0.15) is 10.4 Å². The fraction of sp³-hybridized carbons (Fsp3) is 0.0833. The van der Waals surface area contributed by atoms with Crippen LogP contribution in [0.15, 0.2) is 34.1 Å². The minimum absolute atomic E-state index is 0.569. The van der Waals surface area contributed by atoms with Gasteiger partial charge in [-0.25, -0.2) is 0 Å². The van der Waals surface area contributed by atoms with E-state index in [1.807, 2.05) is 11.4 Å². The lowest BCUT2D eigenvalue weighted by Crippen LogP contribution is -1.98. The van der Waals surface area contributed by atoms with Gasteiger partial charge in [0.05, 0.1) is 22.3 Å². The largest absolute Gasteiger partial charge is 0.379 e. The van der Waals surface area contributed by atoms with Crippen molar-refractivity contribution >= 4 is 44.6 Å². The summed E-state index contributed by atoms with van der Waals surface area (Å²) >= 11 is 11.1. The molecule has 1 N–H and O–H groups in total. The van der Waals surface area contributed by atoms with Gasteiger partial charge in [-0.05, 0) is 40.2 Å². The van der Waals surface area contributed by atoms with Gasteiger partial charge in [-0.1, -0.05) is 11.6 Å². The minimum atomic E-state index is 0.569. The molecule has 0 fully saturated rings. The molecule has 0 atom stereocenters. The van der Waals surface area contributed by atoms with E-state index in [0.29, 0.717) is 10.6 Å². The topological polar surface area (TPSA) is 35.8 Å². The van der Waals surface area contributed by atoms with Crippen LogP contribution in [0.2, 0.25) is 5.02 Å². The summed E-state index contributed by atoms with van der Waals surface area (Å²) in [5, 5.41) is 14.6. The van der Waals surface area contributed by atoms with Crippen molar-refractivity contribution < 1.29 is 0 Å². The van der Waals surface area contributed by atoms with E-state index in [-0.39, 0.29) is 0 Å². The average molecular weight is 328 g/mol. The Morgan fingerprint density at radius 3 is 2.82 bits per heavy atom. The predicted molar refractivity (Wildman–Crippen MR) is 75.5 cm³/mol. The summed E-state index contributed by atoms with van der Waals surface area (Å²) in [6.45, 7) is 0.724. The van der Waals surface area contributed by atoms with Crippen molar-refractivity contribution in [1.82, 2.24) is 0 Å². The zero-order chi connectivity index (χ0) is 12.3. The molecular formula is C12H8BrClN2S. The first-order chi connectivity index (χ1) is 8.19. The van der Waals surface area contributed by atoms with Crippen molar-refractivity contribution in [3.8, 4) is 6.07 Å². The molecule has 86 valence electrons. The maximum atomic E-state index is 8.73. The Bertz CT molecular complexity index is 574. The zero-order valence-corrected chi connectivity index (χ0v) is 11.9. The fourth-order valence-corrected chi connectivity index (χ4v) is 2.99. The fourth-order valence-electron chi connectivity index (χ4n) is 1.36. The lowest BCUT2D eigenvalue weighted by atomic mass is 10.2. The van der Waals surface area contributed by atoms with Gasteiger partial charge in [-0.3, -0.25) is 0 Å². The molecule has 2 nitrogen and oxygen atoms in total. The Morgan fingerprint density at radius 1 is 1.41 bits per heavy atom. The molecule has 1 aromatic heterocycles. The van der Waals surface area contributed by atoms with E-state index in [0.717, 1.165) is 16.7 Å². The van der Waals surface area contributed by atoms with Crippen molar-refractivity contribution in [2.45, 2.75) is 6.54 Å². The average Bonchev–Trinajstić information content (AvgIpc) is 2.73. The molecule has 0 unspecified atom stereocenters. The SMILES string of the molecule is N#Cc1ccc(NCc2cc(Br)cs2)c(Cl)c1. The Balaban J connectivity index is 2.07. The Labute approximate surface area is 117 Å². The van der Waals surface area contributed by atoms with Gasteiger partial charge in [0, 0.05) is 21.3 Å². The van der Waals surface area contributed by atoms with Crippen molar-refractivity contribution in [3.05, 3.63) is 49.6 Å². The van der Waals surface area contributed by atoms with E-state index in [1.165, 1.54) is 4.88 Å². The maximum Gasteiger partial charge on any atom is 0.0992 e. The van der Waals surface area contributed by atoms with Crippen LogP contribution in [0.25, 0.3) is 0 Å². The van der Waals surface area contributed by atoms with Crippen LogP contribution in [0.4, 0.5) is 5.69 Å². The molecule has 0 saturated carbocycles. The van der Waals surface area contributed by atoms with Crippen LogP contribution < -0.4 is 5.32 Å². The molecular weight excluding hydrogens is 320 g/mol. The van der Waals surface area contributed by atoms with Crippen molar-refractivity contribution in [2.24, 2.45) is 0 Å². The van der Waals surface area contributed by atoms with Gasteiger partial charge in [0.1, 0.15) is 0 Å². The third kappa shape index (κ3) is 3.22. The summed E-state index contributed by atoms with van der Waals surface area (Å²) < 4.78 is 1.09. The van der Waals surface area contributed by atoms with Crippen LogP contribution >= 0.6 is 38.9 Å². The highest BCUT2D eigenvalue weighted by atomic mass is 79.9. The van der Waals surface area contributed by atoms with E-state index >= 15 is 0 Å². The molecule has 0 saturated heterocycles. The molecule has 0 aliphatic heterocycles. The van der Waals surface area contributed by atoms with E-state index in [4.69, 9.17) is 16.9 Å². The van der Waals surface area contributed by atoms with Crippen LogP contribution in [0.3, 0.4) is 0 Å².